The summed E-state index contributed by atoms with van der Waals surface area (Å²) < 4.78 is 0. The van der Waals surface area contributed by atoms with Gasteiger partial charge < -0.3 is 0 Å². The molecule has 3 heteroatoms. The van der Waals surface area contributed by atoms with Crippen LogP contribution in [0.15, 0.2) is 41.2 Å². The van der Waals surface area contributed by atoms with Crippen LogP contribution >= 0.6 is 17.6 Å². The maximum atomic E-state index is 5.97. The summed E-state index contributed by atoms with van der Waals surface area (Å²) in [4.78, 5) is 0. The van der Waals surface area contributed by atoms with E-state index in [2.05, 4.69) is 17.9 Å². The van der Waals surface area contributed by atoms with Crippen molar-refractivity contribution in [2.75, 3.05) is 6.16 Å². The van der Waals surface area contributed by atoms with Crippen molar-refractivity contribution in [3.05, 3.63) is 41.2 Å². The maximum Gasteiger partial charge on any atom is 0.0200 e. The third-order valence-electron chi connectivity index (χ3n) is 2.22. The lowest BCUT2D eigenvalue weighted by molar-refractivity contribution is 1.24. The molecule has 2 rings (SSSR count). The summed E-state index contributed by atoms with van der Waals surface area (Å²) in [5, 5.41) is 2.24. The fourth-order valence-electron chi connectivity index (χ4n) is 1.51. The molecule has 1 aromatic rings. The van der Waals surface area contributed by atoms with Gasteiger partial charge in [-0.05, 0) is 23.7 Å². The van der Waals surface area contributed by atoms with Crippen LogP contribution in [0.1, 0.15) is 6.42 Å². The summed E-state index contributed by atoms with van der Waals surface area (Å²) in [5.41, 5.74) is 0. The minimum absolute atomic E-state index is 0.951. The molecule has 13 heavy (non-hydrogen) atoms. The van der Waals surface area contributed by atoms with Crippen LogP contribution in [-0.2, 0) is 11.8 Å². The van der Waals surface area contributed by atoms with Gasteiger partial charge in [-0.3, -0.25) is 0 Å². The first-order valence-corrected chi connectivity index (χ1v) is 7.66. The van der Waals surface area contributed by atoms with Crippen molar-refractivity contribution in [3.63, 3.8) is 0 Å². The van der Waals surface area contributed by atoms with Crippen molar-refractivity contribution in [3.8, 4) is 0 Å². The van der Waals surface area contributed by atoms with E-state index >= 15 is 0 Å². The molecular weight excluding hydrogens is 219 g/mol. The third-order valence-corrected chi connectivity index (χ3v) is 6.96. The van der Waals surface area contributed by atoms with Crippen molar-refractivity contribution < 1.29 is 0 Å². The predicted octanol–water partition coefficient (Wildman–Crippen LogP) is 3.28. The zero-order chi connectivity index (χ0) is 9.31. The average Bonchev–Trinajstić information content (AvgIpc) is 2.49. The van der Waals surface area contributed by atoms with Crippen molar-refractivity contribution in [2.45, 2.75) is 6.42 Å². The number of allylic oxidation sites excluding steroid dienone is 1. The van der Waals surface area contributed by atoms with Gasteiger partial charge in [-0.2, -0.15) is 0 Å². The van der Waals surface area contributed by atoms with E-state index in [-0.39, 0.29) is 0 Å². The predicted molar refractivity (Wildman–Crippen MR) is 63.8 cm³/mol. The molecule has 1 heterocycles. The van der Waals surface area contributed by atoms with Crippen molar-refractivity contribution in [1.82, 2.24) is 0 Å². The zero-order valence-corrected chi connectivity index (χ0v) is 9.58. The summed E-state index contributed by atoms with van der Waals surface area (Å²) in [7, 11) is 0. The van der Waals surface area contributed by atoms with E-state index in [0.29, 0.717) is 0 Å². The van der Waals surface area contributed by atoms with Gasteiger partial charge in [0.1, 0.15) is 0 Å². The molecule has 68 valence electrons. The van der Waals surface area contributed by atoms with E-state index in [0.717, 1.165) is 17.6 Å². The van der Waals surface area contributed by atoms with E-state index in [9.17, 15) is 0 Å². The Hall–Kier alpha value is -0.100. The van der Waals surface area contributed by atoms with Gasteiger partial charge in [0.2, 0.25) is 0 Å². The average molecular weight is 229 g/mol. The number of hydrogen-bond acceptors (Lipinski definition) is 1. The molecule has 0 saturated carbocycles. The minimum Gasteiger partial charge on any atom is -0.0891 e. The fourth-order valence-corrected chi connectivity index (χ4v) is 5.80. The second-order valence-electron chi connectivity index (χ2n) is 3.18. The number of benzene rings is 1. The molecule has 1 atom stereocenters. The highest BCUT2D eigenvalue weighted by Crippen LogP contribution is 2.54. The van der Waals surface area contributed by atoms with Gasteiger partial charge in [-0.1, -0.05) is 53.7 Å². The minimum atomic E-state index is -1.44. The SMILES string of the molecule is S=P1(c2ccccc2)C=C(Cl)CC1. The van der Waals surface area contributed by atoms with Crippen LogP contribution < -0.4 is 5.30 Å². The number of hydrogen-bond donors (Lipinski definition) is 0. The highest BCUT2D eigenvalue weighted by molar-refractivity contribution is 8.20. The summed E-state index contributed by atoms with van der Waals surface area (Å²) in [5.74, 6) is 2.11. The standard InChI is InChI=1S/C10H10ClPS/c11-9-6-7-12(13,8-9)10-4-2-1-3-5-10/h1-5,8H,6-7H2. The summed E-state index contributed by atoms with van der Waals surface area (Å²) >= 11 is 11.6. The zero-order valence-electron chi connectivity index (χ0n) is 7.11. The largest absolute Gasteiger partial charge is 0.0891 e. The lowest BCUT2D eigenvalue weighted by atomic mass is 10.4. The molecule has 1 aliphatic heterocycles. The van der Waals surface area contributed by atoms with Crippen LogP contribution in [0, 0.1) is 0 Å². The van der Waals surface area contributed by atoms with Crippen molar-refractivity contribution >= 4 is 34.8 Å². The second-order valence-corrected chi connectivity index (χ2v) is 8.43. The first-order valence-electron chi connectivity index (χ1n) is 4.22. The monoisotopic (exact) mass is 228 g/mol. The maximum absolute atomic E-state index is 5.97. The van der Waals surface area contributed by atoms with E-state index in [1.165, 1.54) is 5.30 Å². The fraction of sp³-hybridized carbons (Fsp3) is 0.200. The highest BCUT2D eigenvalue weighted by atomic mass is 35.5. The lowest BCUT2D eigenvalue weighted by Crippen LogP contribution is -2.01. The van der Waals surface area contributed by atoms with Crippen molar-refractivity contribution in [2.24, 2.45) is 0 Å². The van der Waals surface area contributed by atoms with E-state index in [1.54, 1.807) is 0 Å². The van der Waals surface area contributed by atoms with Crippen LogP contribution in [-0.4, -0.2) is 6.16 Å². The molecule has 0 saturated heterocycles. The Labute approximate surface area is 88.6 Å². The van der Waals surface area contributed by atoms with Gasteiger partial charge in [0.25, 0.3) is 0 Å². The van der Waals surface area contributed by atoms with E-state index in [4.69, 9.17) is 23.4 Å². The molecular formula is C10H10ClPS. The molecule has 0 nitrogen and oxygen atoms in total. The molecule has 0 aliphatic carbocycles. The molecule has 0 N–H and O–H groups in total. The van der Waals surface area contributed by atoms with Crippen LogP contribution in [0.2, 0.25) is 0 Å². The van der Waals surface area contributed by atoms with Crippen LogP contribution in [0.25, 0.3) is 0 Å². The molecule has 0 aromatic heterocycles. The molecule has 0 bridgehead atoms. The molecule has 0 fully saturated rings. The quantitative estimate of drug-likeness (QED) is 0.665. The molecule has 0 radical (unpaired) electrons. The third kappa shape index (κ3) is 1.88. The molecule has 0 amide bonds. The normalized spacial score (nSPS) is 27.3. The van der Waals surface area contributed by atoms with Crippen LogP contribution in [0.3, 0.4) is 0 Å². The molecule has 1 aliphatic rings. The Morgan fingerprint density at radius 3 is 2.46 bits per heavy atom. The van der Waals surface area contributed by atoms with Gasteiger partial charge in [0.15, 0.2) is 0 Å². The molecule has 0 spiro atoms. The Bertz CT molecular complexity index is 383. The first kappa shape index (κ1) is 9.45. The Morgan fingerprint density at radius 1 is 1.23 bits per heavy atom. The second kappa shape index (κ2) is 3.57. The number of rotatable bonds is 1. The molecule has 1 unspecified atom stereocenters. The van der Waals surface area contributed by atoms with Gasteiger partial charge in [0, 0.05) is 11.1 Å². The molecule has 1 aromatic carbocycles. The smallest absolute Gasteiger partial charge is 0.0200 e. The summed E-state index contributed by atoms with van der Waals surface area (Å²) in [6.45, 7) is 0. The van der Waals surface area contributed by atoms with Crippen LogP contribution in [0.5, 0.6) is 0 Å². The number of halogens is 1. The Morgan fingerprint density at radius 2 is 1.92 bits per heavy atom. The topological polar surface area (TPSA) is 0 Å². The Kier molecular flexibility index (Phi) is 2.60. The summed E-state index contributed by atoms with van der Waals surface area (Å²) in [6.07, 6.45) is 2.03. The van der Waals surface area contributed by atoms with Gasteiger partial charge >= 0.3 is 0 Å². The Balaban J connectivity index is 2.43. The summed E-state index contributed by atoms with van der Waals surface area (Å²) in [6, 6.07) is 8.91. The van der Waals surface area contributed by atoms with Gasteiger partial charge in [-0.15, -0.1) is 0 Å². The van der Waals surface area contributed by atoms with Gasteiger partial charge in [-0.25, -0.2) is 0 Å². The van der Waals surface area contributed by atoms with E-state index < -0.39 is 6.04 Å². The van der Waals surface area contributed by atoms with Crippen molar-refractivity contribution in [1.29, 1.82) is 0 Å². The van der Waals surface area contributed by atoms with Gasteiger partial charge in [0.05, 0.1) is 0 Å². The van der Waals surface area contributed by atoms with E-state index in [1.807, 2.05) is 18.2 Å². The van der Waals surface area contributed by atoms with Crippen LogP contribution in [0.4, 0.5) is 0 Å². The first-order chi connectivity index (χ1) is 6.21. The lowest BCUT2D eigenvalue weighted by Gasteiger charge is -2.12. The highest BCUT2D eigenvalue weighted by Gasteiger charge is 2.22.